The van der Waals surface area contributed by atoms with Crippen molar-refractivity contribution in [3.63, 3.8) is 0 Å². The van der Waals surface area contributed by atoms with Gasteiger partial charge in [-0.2, -0.15) is 5.10 Å². The first-order valence-electron chi connectivity index (χ1n) is 13.3. The van der Waals surface area contributed by atoms with E-state index in [2.05, 4.69) is 30.7 Å². The topological polar surface area (TPSA) is 121 Å². The highest BCUT2D eigenvalue weighted by molar-refractivity contribution is 5.97. The minimum atomic E-state index is -2.85. The molecule has 4 aromatic rings. The van der Waals surface area contributed by atoms with Crippen molar-refractivity contribution in [3.05, 3.63) is 35.9 Å². The molecule has 1 atom stereocenters. The summed E-state index contributed by atoms with van der Waals surface area (Å²) in [6.07, 6.45) is 0.395. The maximum absolute atomic E-state index is 14.3. The maximum Gasteiger partial charge on any atom is 0.295 e. The number of amides is 1. The maximum atomic E-state index is 14.3. The quantitative estimate of drug-likeness (QED) is 0.303. The van der Waals surface area contributed by atoms with Gasteiger partial charge in [-0.15, -0.1) is 0 Å². The average molecular weight is 553 g/mol. The van der Waals surface area contributed by atoms with Crippen molar-refractivity contribution < 1.29 is 23.0 Å². The molecule has 6 rings (SSSR count). The van der Waals surface area contributed by atoms with Crippen LogP contribution in [-0.4, -0.2) is 48.9 Å². The molecule has 0 spiro atoms. The molecule has 2 aliphatic rings. The van der Waals surface area contributed by atoms with Crippen LogP contribution >= 0.6 is 0 Å². The van der Waals surface area contributed by atoms with Gasteiger partial charge in [-0.1, -0.05) is 6.07 Å². The Morgan fingerprint density at radius 3 is 2.62 bits per heavy atom. The van der Waals surface area contributed by atoms with Crippen molar-refractivity contribution in [1.82, 2.24) is 29.3 Å². The van der Waals surface area contributed by atoms with Gasteiger partial charge in [0.15, 0.2) is 23.0 Å². The average Bonchev–Trinajstić information content (AvgIpc) is 3.64. The van der Waals surface area contributed by atoms with Crippen molar-refractivity contribution in [2.75, 3.05) is 24.4 Å². The lowest BCUT2D eigenvalue weighted by atomic mass is 10.1. The molecule has 2 N–H and O–H groups in total. The molecule has 0 bridgehead atoms. The number of imidazole rings is 1. The van der Waals surface area contributed by atoms with Crippen LogP contribution in [0.3, 0.4) is 0 Å². The monoisotopic (exact) mass is 552 g/mol. The molecule has 210 valence electrons. The van der Waals surface area contributed by atoms with E-state index >= 15 is 0 Å². The van der Waals surface area contributed by atoms with Crippen LogP contribution in [0, 0.1) is 12.8 Å². The zero-order valence-electron chi connectivity index (χ0n) is 22.4. The number of rotatable bonds is 8. The first-order valence-corrected chi connectivity index (χ1v) is 13.3. The summed E-state index contributed by atoms with van der Waals surface area (Å²) in [7, 11) is 3.34. The minimum absolute atomic E-state index is 0.0660. The minimum Gasteiger partial charge on any atom is -0.494 e. The normalized spacial score (nSPS) is 17.4. The number of nitrogens with one attached hydrogen (secondary N) is 2. The molecule has 3 aromatic heterocycles. The first-order chi connectivity index (χ1) is 19.3. The summed E-state index contributed by atoms with van der Waals surface area (Å²) >= 11 is 0. The Morgan fingerprint density at radius 1 is 1.15 bits per heavy atom. The number of aromatic nitrogens is 6. The van der Waals surface area contributed by atoms with Gasteiger partial charge in [0.05, 0.1) is 24.0 Å². The molecule has 2 fully saturated rings. The number of anilines is 3. The third-order valence-corrected chi connectivity index (χ3v) is 7.11. The number of pyridine rings is 1. The summed E-state index contributed by atoms with van der Waals surface area (Å²) in [5, 5.41) is 10.5. The third kappa shape index (κ3) is 4.85. The molecule has 4 heterocycles. The number of ether oxygens (including phenoxy) is 2. The number of aryl methyl sites for hydroxylation is 2. The molecule has 1 saturated heterocycles. The van der Waals surface area contributed by atoms with E-state index in [9.17, 15) is 13.6 Å². The van der Waals surface area contributed by atoms with Crippen molar-refractivity contribution in [2.24, 2.45) is 13.0 Å². The highest BCUT2D eigenvalue weighted by Gasteiger charge is 2.32. The SMILES string of the molecule is COc1c(Nc2cc(NC(=O)C3CC3)nc3c2nc(C(F)F)n3C2CCCCO2)cccc1-c1nc(C)nn1C. The molecule has 1 amide bonds. The van der Waals surface area contributed by atoms with E-state index < -0.39 is 18.5 Å². The van der Waals surface area contributed by atoms with Crippen LogP contribution in [-0.2, 0) is 16.6 Å². The second-order valence-corrected chi connectivity index (χ2v) is 10.1. The number of nitrogens with zero attached hydrogens (tertiary/aromatic N) is 6. The second kappa shape index (κ2) is 10.5. The van der Waals surface area contributed by atoms with E-state index in [0.717, 1.165) is 25.7 Å². The zero-order chi connectivity index (χ0) is 28.0. The fourth-order valence-corrected chi connectivity index (χ4v) is 5.10. The van der Waals surface area contributed by atoms with Gasteiger partial charge < -0.3 is 20.1 Å². The first kappa shape index (κ1) is 26.1. The molecular weight excluding hydrogens is 522 g/mol. The summed E-state index contributed by atoms with van der Waals surface area (Å²) in [5.74, 6) is 1.29. The van der Waals surface area contributed by atoms with Gasteiger partial charge >= 0.3 is 0 Å². The Kier molecular flexibility index (Phi) is 6.82. The highest BCUT2D eigenvalue weighted by Crippen LogP contribution is 2.41. The molecular formula is C27H30F2N8O3. The lowest BCUT2D eigenvalue weighted by molar-refractivity contribution is -0.117. The molecule has 1 saturated carbocycles. The standard InChI is InChI=1S/C27H30F2N8O3/c1-14-30-24(36(2)35-14)16-7-6-8-17(22(16)39-3)31-18-13-19(33-27(38)15-10-11-15)32-25-21(18)34-26(23(28)29)37(25)20-9-4-5-12-40-20/h6-8,13,15,20,23H,4-5,9-12H2,1-3H3,(H2,31,32,33,38). The number of alkyl halides is 2. The van der Waals surface area contributed by atoms with E-state index in [4.69, 9.17) is 9.47 Å². The predicted octanol–water partition coefficient (Wildman–Crippen LogP) is 5.27. The lowest BCUT2D eigenvalue weighted by Gasteiger charge is -2.25. The Hall–Kier alpha value is -4.13. The lowest BCUT2D eigenvalue weighted by Crippen LogP contribution is -2.21. The molecule has 1 aromatic carbocycles. The number of benzene rings is 1. The van der Waals surface area contributed by atoms with Crippen molar-refractivity contribution >= 4 is 34.3 Å². The number of para-hydroxylation sites is 1. The van der Waals surface area contributed by atoms with Crippen molar-refractivity contribution in [3.8, 4) is 17.1 Å². The number of hydrogen-bond donors (Lipinski definition) is 2. The van der Waals surface area contributed by atoms with Crippen LogP contribution in [0.25, 0.3) is 22.6 Å². The summed E-state index contributed by atoms with van der Waals surface area (Å²) < 4.78 is 43.3. The number of fused-ring (bicyclic) bond motifs is 1. The van der Waals surface area contributed by atoms with Crippen LogP contribution in [0.4, 0.5) is 26.0 Å². The Morgan fingerprint density at radius 2 is 1.98 bits per heavy atom. The third-order valence-electron chi connectivity index (χ3n) is 7.11. The fourth-order valence-electron chi connectivity index (χ4n) is 5.10. The van der Waals surface area contributed by atoms with Crippen LogP contribution in [0.2, 0.25) is 0 Å². The number of hydrogen-bond acceptors (Lipinski definition) is 8. The predicted molar refractivity (Wildman–Crippen MR) is 144 cm³/mol. The summed E-state index contributed by atoms with van der Waals surface area (Å²) in [4.78, 5) is 26.1. The van der Waals surface area contributed by atoms with E-state index in [1.54, 1.807) is 37.9 Å². The van der Waals surface area contributed by atoms with E-state index in [-0.39, 0.29) is 28.8 Å². The van der Waals surface area contributed by atoms with Gasteiger partial charge in [-0.05, 0) is 51.2 Å². The fraction of sp³-hybridized carbons (Fsp3) is 0.444. The van der Waals surface area contributed by atoms with Crippen molar-refractivity contribution in [2.45, 2.75) is 51.7 Å². The molecule has 0 radical (unpaired) electrons. The number of carbonyl (C=O) groups excluding carboxylic acids is 1. The molecule has 1 unspecified atom stereocenters. The Balaban J connectivity index is 1.50. The van der Waals surface area contributed by atoms with Gasteiger partial charge in [-0.25, -0.2) is 28.4 Å². The smallest absolute Gasteiger partial charge is 0.295 e. The molecule has 1 aliphatic carbocycles. The zero-order valence-corrected chi connectivity index (χ0v) is 22.4. The Labute approximate surface area is 228 Å². The number of halogens is 2. The van der Waals surface area contributed by atoms with Crippen LogP contribution in [0.15, 0.2) is 24.3 Å². The number of methoxy groups -OCH3 is 1. The second-order valence-electron chi connectivity index (χ2n) is 10.1. The van der Waals surface area contributed by atoms with E-state index in [0.29, 0.717) is 47.4 Å². The molecule has 13 heteroatoms. The summed E-state index contributed by atoms with van der Waals surface area (Å²) in [6, 6.07) is 7.10. The van der Waals surface area contributed by atoms with Gasteiger partial charge in [0.25, 0.3) is 6.43 Å². The van der Waals surface area contributed by atoms with Gasteiger partial charge in [-0.3, -0.25) is 9.36 Å². The number of carbonyl (C=O) groups is 1. The van der Waals surface area contributed by atoms with Gasteiger partial charge in [0, 0.05) is 25.6 Å². The Bertz CT molecular complexity index is 1570. The van der Waals surface area contributed by atoms with Crippen LogP contribution in [0.5, 0.6) is 5.75 Å². The van der Waals surface area contributed by atoms with E-state index in [1.807, 2.05) is 12.1 Å². The molecule has 11 nitrogen and oxygen atoms in total. The van der Waals surface area contributed by atoms with Crippen LogP contribution < -0.4 is 15.4 Å². The summed E-state index contributed by atoms with van der Waals surface area (Å²) in [5.41, 5.74) is 2.07. The largest absolute Gasteiger partial charge is 0.494 e. The highest BCUT2D eigenvalue weighted by atomic mass is 19.3. The van der Waals surface area contributed by atoms with Gasteiger partial charge in [0.1, 0.15) is 23.4 Å². The van der Waals surface area contributed by atoms with Crippen LogP contribution in [0.1, 0.15) is 56.4 Å². The van der Waals surface area contributed by atoms with Gasteiger partial charge in [0.2, 0.25) is 5.91 Å². The summed E-state index contributed by atoms with van der Waals surface area (Å²) in [6.45, 7) is 2.26. The van der Waals surface area contributed by atoms with Crippen molar-refractivity contribution in [1.29, 1.82) is 0 Å². The molecule has 1 aliphatic heterocycles. The van der Waals surface area contributed by atoms with E-state index in [1.165, 1.54) is 4.57 Å². The molecule has 40 heavy (non-hydrogen) atoms.